The first-order valence-electron chi connectivity index (χ1n) is 7.09. The Balaban J connectivity index is 1.92. The molecule has 0 aromatic heterocycles. The molecular formula is C13H28N4. The van der Waals surface area contributed by atoms with Gasteiger partial charge in [-0.3, -0.25) is 4.99 Å². The SMILES string of the molecule is CCCCNC(N)=NCCCCN1CCCC1. The number of unbranched alkanes of at least 4 members (excludes halogenated alkanes) is 2. The highest BCUT2D eigenvalue weighted by Crippen LogP contribution is 2.08. The molecule has 3 N–H and O–H groups in total. The Kier molecular flexibility index (Phi) is 7.80. The average molecular weight is 240 g/mol. The molecule has 1 aliphatic rings. The first-order chi connectivity index (χ1) is 8.33. The number of rotatable bonds is 8. The van der Waals surface area contributed by atoms with E-state index in [1.165, 1.54) is 45.3 Å². The van der Waals surface area contributed by atoms with Crippen molar-refractivity contribution in [3.8, 4) is 0 Å². The van der Waals surface area contributed by atoms with Crippen molar-refractivity contribution in [2.75, 3.05) is 32.7 Å². The van der Waals surface area contributed by atoms with Crippen LogP contribution in [0.5, 0.6) is 0 Å². The topological polar surface area (TPSA) is 53.6 Å². The summed E-state index contributed by atoms with van der Waals surface area (Å²) in [5.41, 5.74) is 5.75. The van der Waals surface area contributed by atoms with E-state index in [1.54, 1.807) is 0 Å². The van der Waals surface area contributed by atoms with Crippen LogP contribution in [0.1, 0.15) is 45.4 Å². The molecule has 4 heteroatoms. The summed E-state index contributed by atoms with van der Waals surface area (Å²) in [5.74, 6) is 0.611. The molecular weight excluding hydrogens is 212 g/mol. The lowest BCUT2D eigenvalue weighted by Gasteiger charge is -2.13. The second-order valence-corrected chi connectivity index (χ2v) is 4.80. The molecule has 0 atom stereocenters. The molecule has 0 saturated carbocycles. The van der Waals surface area contributed by atoms with Gasteiger partial charge in [-0.1, -0.05) is 13.3 Å². The number of nitrogens with one attached hydrogen (secondary N) is 1. The Labute approximate surface area is 106 Å². The smallest absolute Gasteiger partial charge is 0.188 e. The van der Waals surface area contributed by atoms with Crippen molar-refractivity contribution < 1.29 is 0 Å². The molecule has 0 spiro atoms. The van der Waals surface area contributed by atoms with E-state index in [-0.39, 0.29) is 0 Å². The van der Waals surface area contributed by atoms with Gasteiger partial charge in [0, 0.05) is 13.1 Å². The maximum Gasteiger partial charge on any atom is 0.188 e. The molecule has 0 aliphatic carbocycles. The molecule has 0 radical (unpaired) electrons. The molecule has 0 unspecified atom stereocenters. The standard InChI is InChI=1S/C13H28N4/c1-2-3-8-15-13(14)16-9-4-5-10-17-11-6-7-12-17/h2-12H2,1H3,(H3,14,15,16). The number of hydrogen-bond acceptors (Lipinski definition) is 2. The second kappa shape index (κ2) is 9.28. The quantitative estimate of drug-likeness (QED) is 0.385. The van der Waals surface area contributed by atoms with Crippen LogP contribution in [0.3, 0.4) is 0 Å². The van der Waals surface area contributed by atoms with Crippen LogP contribution in [-0.4, -0.2) is 43.6 Å². The van der Waals surface area contributed by atoms with E-state index >= 15 is 0 Å². The zero-order chi connectivity index (χ0) is 12.3. The molecule has 1 aliphatic heterocycles. The first kappa shape index (κ1) is 14.3. The van der Waals surface area contributed by atoms with Crippen LogP contribution >= 0.6 is 0 Å². The molecule has 17 heavy (non-hydrogen) atoms. The number of nitrogens with two attached hydrogens (primary N) is 1. The van der Waals surface area contributed by atoms with Gasteiger partial charge in [-0.15, -0.1) is 0 Å². The molecule has 1 saturated heterocycles. The average Bonchev–Trinajstić information content (AvgIpc) is 2.82. The van der Waals surface area contributed by atoms with Gasteiger partial charge in [-0.05, 0) is 51.7 Å². The minimum Gasteiger partial charge on any atom is -0.370 e. The predicted octanol–water partition coefficient (Wildman–Crippen LogP) is 1.57. The number of nitrogens with zero attached hydrogens (tertiary/aromatic N) is 2. The van der Waals surface area contributed by atoms with Crippen molar-refractivity contribution in [1.29, 1.82) is 0 Å². The Morgan fingerprint density at radius 3 is 2.71 bits per heavy atom. The Morgan fingerprint density at radius 1 is 1.24 bits per heavy atom. The molecule has 0 aromatic carbocycles. The van der Waals surface area contributed by atoms with Gasteiger partial charge in [0.1, 0.15) is 0 Å². The van der Waals surface area contributed by atoms with Crippen molar-refractivity contribution in [2.24, 2.45) is 10.7 Å². The maximum atomic E-state index is 5.75. The normalized spacial score (nSPS) is 17.6. The van der Waals surface area contributed by atoms with E-state index in [9.17, 15) is 0 Å². The summed E-state index contributed by atoms with van der Waals surface area (Å²) in [5, 5.41) is 3.13. The third kappa shape index (κ3) is 7.21. The number of guanidine groups is 1. The highest BCUT2D eigenvalue weighted by molar-refractivity contribution is 5.77. The van der Waals surface area contributed by atoms with Gasteiger partial charge in [0.05, 0.1) is 0 Å². The lowest BCUT2D eigenvalue weighted by Crippen LogP contribution is -2.32. The lowest BCUT2D eigenvalue weighted by atomic mass is 10.3. The highest BCUT2D eigenvalue weighted by Gasteiger charge is 2.09. The van der Waals surface area contributed by atoms with E-state index in [1.807, 2.05) is 0 Å². The van der Waals surface area contributed by atoms with E-state index < -0.39 is 0 Å². The molecule has 0 bridgehead atoms. The second-order valence-electron chi connectivity index (χ2n) is 4.80. The third-order valence-electron chi connectivity index (χ3n) is 3.20. The van der Waals surface area contributed by atoms with Gasteiger partial charge in [-0.2, -0.15) is 0 Å². The van der Waals surface area contributed by atoms with Gasteiger partial charge >= 0.3 is 0 Å². The Hall–Kier alpha value is -0.770. The van der Waals surface area contributed by atoms with Crippen molar-refractivity contribution >= 4 is 5.96 Å². The summed E-state index contributed by atoms with van der Waals surface area (Å²) in [6.07, 6.45) is 7.50. The molecule has 0 aromatic rings. The van der Waals surface area contributed by atoms with Crippen molar-refractivity contribution in [3.63, 3.8) is 0 Å². The van der Waals surface area contributed by atoms with Crippen LogP contribution in [0.4, 0.5) is 0 Å². The van der Waals surface area contributed by atoms with Gasteiger partial charge < -0.3 is 16.0 Å². The fourth-order valence-electron chi connectivity index (χ4n) is 2.10. The third-order valence-corrected chi connectivity index (χ3v) is 3.20. The molecule has 0 amide bonds. The van der Waals surface area contributed by atoms with Gasteiger partial charge in [0.15, 0.2) is 5.96 Å². The van der Waals surface area contributed by atoms with Crippen LogP contribution in [0.15, 0.2) is 4.99 Å². The highest BCUT2D eigenvalue weighted by atomic mass is 15.1. The Morgan fingerprint density at radius 2 is 2.00 bits per heavy atom. The summed E-state index contributed by atoms with van der Waals surface area (Å²) in [6, 6.07) is 0. The van der Waals surface area contributed by atoms with Crippen molar-refractivity contribution in [3.05, 3.63) is 0 Å². The van der Waals surface area contributed by atoms with E-state index in [4.69, 9.17) is 5.73 Å². The summed E-state index contributed by atoms with van der Waals surface area (Å²) in [6.45, 7) is 7.80. The fraction of sp³-hybridized carbons (Fsp3) is 0.923. The zero-order valence-corrected chi connectivity index (χ0v) is 11.2. The largest absolute Gasteiger partial charge is 0.370 e. The predicted molar refractivity (Wildman–Crippen MR) is 74.3 cm³/mol. The minimum absolute atomic E-state index is 0.611. The van der Waals surface area contributed by atoms with Crippen LogP contribution in [0, 0.1) is 0 Å². The molecule has 1 heterocycles. The summed E-state index contributed by atoms with van der Waals surface area (Å²) >= 11 is 0. The maximum absolute atomic E-state index is 5.75. The number of aliphatic imine (C=N–C) groups is 1. The van der Waals surface area contributed by atoms with E-state index in [2.05, 4.69) is 22.1 Å². The summed E-state index contributed by atoms with van der Waals surface area (Å²) < 4.78 is 0. The minimum atomic E-state index is 0.611. The molecule has 100 valence electrons. The monoisotopic (exact) mass is 240 g/mol. The van der Waals surface area contributed by atoms with E-state index in [0.717, 1.165) is 25.9 Å². The van der Waals surface area contributed by atoms with Crippen LogP contribution in [-0.2, 0) is 0 Å². The van der Waals surface area contributed by atoms with Crippen molar-refractivity contribution in [1.82, 2.24) is 10.2 Å². The van der Waals surface area contributed by atoms with Crippen LogP contribution in [0.2, 0.25) is 0 Å². The van der Waals surface area contributed by atoms with Crippen LogP contribution in [0.25, 0.3) is 0 Å². The van der Waals surface area contributed by atoms with Gasteiger partial charge in [-0.25, -0.2) is 0 Å². The first-order valence-corrected chi connectivity index (χ1v) is 7.09. The fourth-order valence-corrected chi connectivity index (χ4v) is 2.10. The van der Waals surface area contributed by atoms with E-state index in [0.29, 0.717) is 5.96 Å². The number of hydrogen-bond donors (Lipinski definition) is 2. The molecule has 1 rings (SSSR count). The molecule has 1 fully saturated rings. The summed E-state index contributed by atoms with van der Waals surface area (Å²) in [7, 11) is 0. The Bertz CT molecular complexity index is 209. The zero-order valence-electron chi connectivity index (χ0n) is 11.2. The van der Waals surface area contributed by atoms with Gasteiger partial charge in [0.25, 0.3) is 0 Å². The van der Waals surface area contributed by atoms with Gasteiger partial charge in [0.2, 0.25) is 0 Å². The summed E-state index contributed by atoms with van der Waals surface area (Å²) in [4.78, 5) is 6.87. The van der Waals surface area contributed by atoms with Crippen molar-refractivity contribution in [2.45, 2.75) is 45.4 Å². The lowest BCUT2D eigenvalue weighted by molar-refractivity contribution is 0.331. The number of likely N-dealkylation sites (tertiary alicyclic amines) is 1. The van der Waals surface area contributed by atoms with Crippen LogP contribution < -0.4 is 11.1 Å². The molecule has 4 nitrogen and oxygen atoms in total.